The summed E-state index contributed by atoms with van der Waals surface area (Å²) in [6.07, 6.45) is 2.44. The summed E-state index contributed by atoms with van der Waals surface area (Å²) in [6, 6.07) is 8.42. The molecule has 1 aromatic heterocycles. The van der Waals surface area contributed by atoms with Crippen molar-refractivity contribution in [3.63, 3.8) is 0 Å². The lowest BCUT2D eigenvalue weighted by molar-refractivity contribution is 0.432. The molecular weight excluding hydrogens is 210 g/mol. The minimum atomic E-state index is 0.537. The van der Waals surface area contributed by atoms with Crippen molar-refractivity contribution >= 4 is 0 Å². The Bertz CT molecular complexity index is 525. The van der Waals surface area contributed by atoms with Gasteiger partial charge in [-0.1, -0.05) is 36.8 Å². The summed E-state index contributed by atoms with van der Waals surface area (Å²) in [5.41, 5.74) is 2.38. The van der Waals surface area contributed by atoms with Gasteiger partial charge in [-0.2, -0.15) is 5.10 Å². The summed E-state index contributed by atoms with van der Waals surface area (Å²) in [7, 11) is 0. The SMILES string of the molecule is Cc1ccc(-c2nc3n(n2)CCCC3C)cc1. The Balaban J connectivity index is 2.02. The number of hydrogen-bond acceptors (Lipinski definition) is 2. The number of nitrogens with zero attached hydrogens (tertiary/aromatic N) is 3. The van der Waals surface area contributed by atoms with Crippen LogP contribution in [0.5, 0.6) is 0 Å². The summed E-state index contributed by atoms with van der Waals surface area (Å²) in [5, 5.41) is 4.61. The largest absolute Gasteiger partial charge is 0.249 e. The van der Waals surface area contributed by atoms with Crippen molar-refractivity contribution in [1.29, 1.82) is 0 Å². The summed E-state index contributed by atoms with van der Waals surface area (Å²) in [6.45, 7) is 5.34. The molecule has 0 N–H and O–H groups in total. The van der Waals surface area contributed by atoms with Crippen molar-refractivity contribution in [2.24, 2.45) is 0 Å². The van der Waals surface area contributed by atoms with Gasteiger partial charge in [0.25, 0.3) is 0 Å². The third-order valence-corrected chi connectivity index (χ3v) is 3.46. The van der Waals surface area contributed by atoms with Gasteiger partial charge in [-0.05, 0) is 19.8 Å². The maximum absolute atomic E-state index is 4.68. The number of aromatic nitrogens is 3. The van der Waals surface area contributed by atoms with Gasteiger partial charge in [-0.3, -0.25) is 0 Å². The minimum absolute atomic E-state index is 0.537. The van der Waals surface area contributed by atoms with Crippen molar-refractivity contribution in [3.05, 3.63) is 35.7 Å². The van der Waals surface area contributed by atoms with Gasteiger partial charge in [0.2, 0.25) is 0 Å². The van der Waals surface area contributed by atoms with Gasteiger partial charge in [0, 0.05) is 18.0 Å². The van der Waals surface area contributed by atoms with E-state index in [0.717, 1.165) is 23.8 Å². The summed E-state index contributed by atoms with van der Waals surface area (Å²) >= 11 is 0. The predicted molar refractivity (Wildman–Crippen MR) is 67.8 cm³/mol. The Morgan fingerprint density at radius 1 is 1.24 bits per heavy atom. The zero-order chi connectivity index (χ0) is 11.8. The molecule has 1 unspecified atom stereocenters. The highest BCUT2D eigenvalue weighted by Gasteiger charge is 2.20. The van der Waals surface area contributed by atoms with Gasteiger partial charge in [0.1, 0.15) is 5.82 Å². The maximum atomic E-state index is 4.68. The highest BCUT2D eigenvalue weighted by atomic mass is 15.4. The Hall–Kier alpha value is -1.64. The van der Waals surface area contributed by atoms with Crippen LogP contribution in [0.15, 0.2) is 24.3 Å². The molecule has 0 radical (unpaired) electrons. The molecule has 1 aliphatic rings. The van der Waals surface area contributed by atoms with E-state index in [0.29, 0.717) is 5.92 Å². The molecule has 0 spiro atoms. The molecule has 0 bridgehead atoms. The van der Waals surface area contributed by atoms with Crippen molar-refractivity contribution in [2.45, 2.75) is 39.2 Å². The van der Waals surface area contributed by atoms with Gasteiger partial charge < -0.3 is 0 Å². The van der Waals surface area contributed by atoms with E-state index < -0.39 is 0 Å². The molecule has 17 heavy (non-hydrogen) atoms. The molecular formula is C14H17N3. The van der Waals surface area contributed by atoms with Crippen molar-refractivity contribution in [2.75, 3.05) is 0 Å². The van der Waals surface area contributed by atoms with E-state index in [4.69, 9.17) is 0 Å². The van der Waals surface area contributed by atoms with Crippen molar-refractivity contribution in [1.82, 2.24) is 14.8 Å². The normalized spacial score (nSPS) is 19.1. The quantitative estimate of drug-likeness (QED) is 0.749. The van der Waals surface area contributed by atoms with E-state index in [1.807, 2.05) is 0 Å². The lowest BCUT2D eigenvalue weighted by atomic mass is 10.0. The molecule has 0 amide bonds. The first-order valence-corrected chi connectivity index (χ1v) is 6.26. The van der Waals surface area contributed by atoms with E-state index in [-0.39, 0.29) is 0 Å². The second kappa shape index (κ2) is 3.99. The molecule has 3 nitrogen and oxygen atoms in total. The molecule has 2 heterocycles. The van der Waals surface area contributed by atoms with Gasteiger partial charge >= 0.3 is 0 Å². The minimum Gasteiger partial charge on any atom is -0.249 e. The topological polar surface area (TPSA) is 30.7 Å². The van der Waals surface area contributed by atoms with E-state index in [9.17, 15) is 0 Å². The zero-order valence-corrected chi connectivity index (χ0v) is 10.3. The molecule has 0 aliphatic carbocycles. The molecule has 3 rings (SSSR count). The fourth-order valence-corrected chi connectivity index (χ4v) is 2.38. The van der Waals surface area contributed by atoms with E-state index in [1.54, 1.807) is 0 Å². The summed E-state index contributed by atoms with van der Waals surface area (Å²) in [4.78, 5) is 4.68. The lowest BCUT2D eigenvalue weighted by Crippen LogP contribution is -2.14. The monoisotopic (exact) mass is 227 g/mol. The number of aryl methyl sites for hydroxylation is 2. The van der Waals surface area contributed by atoms with Crippen LogP contribution in [-0.4, -0.2) is 14.8 Å². The van der Waals surface area contributed by atoms with Crippen LogP contribution in [0.25, 0.3) is 11.4 Å². The fraction of sp³-hybridized carbons (Fsp3) is 0.429. The summed E-state index contributed by atoms with van der Waals surface area (Å²) < 4.78 is 2.07. The first kappa shape index (κ1) is 10.5. The van der Waals surface area contributed by atoms with Crippen LogP contribution in [0.4, 0.5) is 0 Å². The number of fused-ring (bicyclic) bond motifs is 1. The molecule has 1 aromatic carbocycles. The standard InChI is InChI=1S/C14H17N3/c1-10-5-7-12(8-6-10)13-15-14-11(2)4-3-9-17(14)16-13/h5-8,11H,3-4,9H2,1-2H3. The molecule has 2 aromatic rings. The first-order valence-electron chi connectivity index (χ1n) is 6.26. The smallest absolute Gasteiger partial charge is 0.181 e. The number of hydrogen-bond donors (Lipinski definition) is 0. The number of rotatable bonds is 1. The third kappa shape index (κ3) is 1.86. The summed E-state index contributed by atoms with van der Waals surface area (Å²) in [5.74, 6) is 2.55. The lowest BCUT2D eigenvalue weighted by Gasteiger charge is -2.17. The number of benzene rings is 1. The average Bonchev–Trinajstić information content (AvgIpc) is 2.75. The van der Waals surface area contributed by atoms with Gasteiger partial charge in [-0.15, -0.1) is 0 Å². The molecule has 0 saturated carbocycles. The Kier molecular flexibility index (Phi) is 2.46. The average molecular weight is 227 g/mol. The van der Waals surface area contributed by atoms with Gasteiger partial charge in [-0.25, -0.2) is 9.67 Å². The molecule has 3 heteroatoms. The zero-order valence-electron chi connectivity index (χ0n) is 10.3. The molecule has 1 aliphatic heterocycles. The van der Waals surface area contributed by atoms with Crippen molar-refractivity contribution < 1.29 is 0 Å². The van der Waals surface area contributed by atoms with Crippen LogP contribution in [0.3, 0.4) is 0 Å². The van der Waals surface area contributed by atoms with Crippen LogP contribution in [-0.2, 0) is 6.54 Å². The van der Waals surface area contributed by atoms with Crippen LogP contribution < -0.4 is 0 Å². The predicted octanol–water partition coefficient (Wildman–Crippen LogP) is 3.15. The van der Waals surface area contributed by atoms with Crippen LogP contribution in [0, 0.1) is 6.92 Å². The second-order valence-electron chi connectivity index (χ2n) is 4.93. The fourth-order valence-electron chi connectivity index (χ4n) is 2.38. The van der Waals surface area contributed by atoms with Gasteiger partial charge in [0.05, 0.1) is 0 Å². The van der Waals surface area contributed by atoms with E-state index in [1.165, 1.54) is 18.4 Å². The van der Waals surface area contributed by atoms with E-state index >= 15 is 0 Å². The highest BCUT2D eigenvalue weighted by Crippen LogP contribution is 2.27. The van der Waals surface area contributed by atoms with E-state index in [2.05, 4.69) is 52.9 Å². The van der Waals surface area contributed by atoms with Crippen molar-refractivity contribution in [3.8, 4) is 11.4 Å². The third-order valence-electron chi connectivity index (χ3n) is 3.46. The maximum Gasteiger partial charge on any atom is 0.181 e. The second-order valence-corrected chi connectivity index (χ2v) is 4.93. The molecule has 0 fully saturated rings. The first-order chi connectivity index (χ1) is 8.24. The van der Waals surface area contributed by atoms with Crippen LogP contribution >= 0.6 is 0 Å². The Labute approximate surface area is 101 Å². The Morgan fingerprint density at radius 3 is 2.71 bits per heavy atom. The molecule has 1 atom stereocenters. The molecule has 88 valence electrons. The van der Waals surface area contributed by atoms with Crippen LogP contribution in [0.2, 0.25) is 0 Å². The molecule has 0 saturated heterocycles. The Morgan fingerprint density at radius 2 is 2.00 bits per heavy atom. The van der Waals surface area contributed by atoms with Crippen LogP contribution in [0.1, 0.15) is 37.1 Å². The highest BCUT2D eigenvalue weighted by molar-refractivity contribution is 5.55. The van der Waals surface area contributed by atoms with Gasteiger partial charge in [0.15, 0.2) is 5.82 Å².